The summed E-state index contributed by atoms with van der Waals surface area (Å²) in [6, 6.07) is 15.5. The number of nitrogens with zero attached hydrogens (tertiary/aromatic N) is 2. The van der Waals surface area contributed by atoms with Gasteiger partial charge >= 0.3 is 5.97 Å². The maximum atomic E-state index is 13.2. The first-order chi connectivity index (χ1) is 17.5. The molecule has 0 bridgehead atoms. The lowest BCUT2D eigenvalue weighted by molar-refractivity contribution is -0.0440. The van der Waals surface area contributed by atoms with Crippen molar-refractivity contribution >= 4 is 21.8 Å². The van der Waals surface area contributed by atoms with E-state index in [0.29, 0.717) is 5.56 Å². The number of sulfonamides is 1. The number of esters is 1. The second-order valence-corrected chi connectivity index (χ2v) is 11.5. The number of rotatable bonds is 7. The van der Waals surface area contributed by atoms with Gasteiger partial charge in [0.05, 0.1) is 22.7 Å². The molecule has 196 valence electrons. The number of hydrogen-bond acceptors (Lipinski definition) is 6. The minimum Gasteiger partial charge on any atom is -0.454 e. The van der Waals surface area contributed by atoms with Crippen LogP contribution in [0.15, 0.2) is 59.5 Å². The minimum absolute atomic E-state index is 0.00350. The lowest BCUT2D eigenvalue weighted by atomic mass is 10.1. The van der Waals surface area contributed by atoms with Crippen molar-refractivity contribution in [1.82, 2.24) is 8.87 Å². The zero-order valence-corrected chi connectivity index (χ0v) is 22.5. The first kappa shape index (κ1) is 26.8. The van der Waals surface area contributed by atoms with Crippen LogP contribution in [-0.4, -0.2) is 60.9 Å². The number of benzene rings is 2. The van der Waals surface area contributed by atoms with Crippen LogP contribution in [0.4, 0.5) is 0 Å². The molecule has 3 aromatic rings. The zero-order chi connectivity index (χ0) is 26.9. The van der Waals surface area contributed by atoms with E-state index >= 15 is 0 Å². The summed E-state index contributed by atoms with van der Waals surface area (Å²) in [7, 11) is -3.82. The Balaban J connectivity index is 1.47. The van der Waals surface area contributed by atoms with Crippen LogP contribution in [0.25, 0.3) is 5.69 Å². The Morgan fingerprint density at radius 3 is 2.27 bits per heavy atom. The van der Waals surface area contributed by atoms with Gasteiger partial charge in [0, 0.05) is 35.7 Å². The van der Waals surface area contributed by atoms with Gasteiger partial charge in [-0.25, -0.2) is 13.2 Å². The highest BCUT2D eigenvalue weighted by molar-refractivity contribution is 7.89. The normalized spacial score (nSPS) is 18.5. The lowest BCUT2D eigenvalue weighted by Crippen LogP contribution is -2.48. The van der Waals surface area contributed by atoms with E-state index < -0.39 is 22.6 Å². The molecular formula is C28H32N2O6S. The third-order valence-corrected chi connectivity index (χ3v) is 8.28. The fourth-order valence-corrected chi connectivity index (χ4v) is 6.32. The van der Waals surface area contributed by atoms with Crippen LogP contribution in [0.5, 0.6) is 0 Å². The van der Waals surface area contributed by atoms with E-state index in [4.69, 9.17) is 9.47 Å². The van der Waals surface area contributed by atoms with Gasteiger partial charge in [-0.15, -0.1) is 0 Å². The van der Waals surface area contributed by atoms with Crippen LogP contribution < -0.4 is 0 Å². The molecular weight excluding hydrogens is 492 g/mol. The summed E-state index contributed by atoms with van der Waals surface area (Å²) in [5, 5.41) is 0. The predicted molar refractivity (Wildman–Crippen MR) is 140 cm³/mol. The molecule has 1 aliphatic heterocycles. The monoisotopic (exact) mass is 524 g/mol. The van der Waals surface area contributed by atoms with E-state index in [1.807, 2.05) is 63.5 Å². The first-order valence-corrected chi connectivity index (χ1v) is 13.6. The topological polar surface area (TPSA) is 94.9 Å². The number of ketones is 1. The van der Waals surface area contributed by atoms with Crippen LogP contribution in [0.3, 0.4) is 0 Å². The number of aromatic nitrogens is 1. The van der Waals surface area contributed by atoms with Gasteiger partial charge in [0.25, 0.3) is 0 Å². The van der Waals surface area contributed by atoms with Crippen molar-refractivity contribution in [1.29, 1.82) is 0 Å². The molecule has 2 aromatic carbocycles. The van der Waals surface area contributed by atoms with Crippen LogP contribution >= 0.6 is 0 Å². The maximum absolute atomic E-state index is 13.2. The highest BCUT2D eigenvalue weighted by Crippen LogP contribution is 2.24. The number of carbonyl (C=O) groups is 2. The predicted octanol–water partition coefficient (Wildman–Crippen LogP) is 4.24. The second-order valence-electron chi connectivity index (χ2n) is 9.56. The summed E-state index contributed by atoms with van der Waals surface area (Å²) in [5.41, 5.74) is 4.26. The summed E-state index contributed by atoms with van der Waals surface area (Å²) >= 11 is 0. The second kappa shape index (κ2) is 10.6. The molecule has 1 fully saturated rings. The summed E-state index contributed by atoms with van der Waals surface area (Å²) in [6.07, 6.45) is -0.462. The van der Waals surface area contributed by atoms with Crippen molar-refractivity contribution in [3.63, 3.8) is 0 Å². The molecule has 1 aromatic heterocycles. The lowest BCUT2D eigenvalue weighted by Gasteiger charge is -2.34. The van der Waals surface area contributed by atoms with Crippen molar-refractivity contribution in [2.75, 3.05) is 19.7 Å². The Kier molecular flexibility index (Phi) is 7.68. The van der Waals surface area contributed by atoms with E-state index in [-0.39, 0.29) is 41.5 Å². The average molecular weight is 525 g/mol. The molecule has 2 atom stereocenters. The molecule has 0 N–H and O–H groups in total. The smallest absolute Gasteiger partial charge is 0.338 e. The largest absolute Gasteiger partial charge is 0.454 e. The van der Waals surface area contributed by atoms with Crippen LogP contribution in [0.2, 0.25) is 0 Å². The Morgan fingerprint density at radius 1 is 0.973 bits per heavy atom. The molecule has 37 heavy (non-hydrogen) atoms. The third kappa shape index (κ3) is 5.69. The fraction of sp³-hybridized carbons (Fsp3) is 0.357. The molecule has 1 saturated heterocycles. The molecule has 8 nitrogen and oxygen atoms in total. The van der Waals surface area contributed by atoms with E-state index in [0.717, 1.165) is 22.6 Å². The van der Waals surface area contributed by atoms with E-state index in [2.05, 4.69) is 0 Å². The number of ether oxygens (including phenoxy) is 2. The minimum atomic E-state index is -3.82. The Bertz CT molecular complexity index is 1420. The van der Waals surface area contributed by atoms with Crippen LogP contribution in [-0.2, 0) is 19.5 Å². The van der Waals surface area contributed by atoms with Crippen molar-refractivity contribution in [2.45, 2.75) is 51.7 Å². The molecule has 0 aliphatic carbocycles. The Morgan fingerprint density at radius 2 is 1.62 bits per heavy atom. The van der Waals surface area contributed by atoms with E-state index in [1.165, 1.54) is 28.6 Å². The maximum Gasteiger partial charge on any atom is 0.338 e. The van der Waals surface area contributed by atoms with Gasteiger partial charge in [0.15, 0.2) is 6.61 Å². The average Bonchev–Trinajstić information content (AvgIpc) is 3.16. The van der Waals surface area contributed by atoms with E-state index in [1.54, 1.807) is 6.07 Å². The van der Waals surface area contributed by atoms with Crippen LogP contribution in [0.1, 0.15) is 51.5 Å². The van der Waals surface area contributed by atoms with Gasteiger partial charge in [0.2, 0.25) is 15.8 Å². The molecule has 0 spiro atoms. The molecule has 0 saturated carbocycles. The van der Waals surface area contributed by atoms with Gasteiger partial charge in [-0.1, -0.05) is 23.8 Å². The molecule has 4 rings (SSSR count). The van der Waals surface area contributed by atoms with Crippen molar-refractivity contribution in [2.24, 2.45) is 0 Å². The first-order valence-electron chi connectivity index (χ1n) is 12.2. The van der Waals surface area contributed by atoms with Crippen molar-refractivity contribution < 1.29 is 27.5 Å². The number of hydrogen-bond donors (Lipinski definition) is 0. The number of aryl methyl sites for hydroxylation is 2. The fourth-order valence-electron chi connectivity index (χ4n) is 4.69. The van der Waals surface area contributed by atoms with Gasteiger partial charge in [0.1, 0.15) is 0 Å². The quantitative estimate of drug-likeness (QED) is 0.339. The van der Waals surface area contributed by atoms with Crippen LogP contribution in [0, 0.1) is 20.8 Å². The third-order valence-electron chi connectivity index (χ3n) is 6.45. The summed E-state index contributed by atoms with van der Waals surface area (Å²) < 4.78 is 40.6. The van der Waals surface area contributed by atoms with Crippen molar-refractivity contribution in [3.8, 4) is 5.69 Å². The number of Topliss-reactive ketones (excluding diaryl/α,β-unsaturated/α-hetero) is 1. The zero-order valence-electron chi connectivity index (χ0n) is 21.7. The number of carbonyl (C=O) groups excluding carboxylic acids is 2. The highest BCUT2D eigenvalue weighted by Gasteiger charge is 2.32. The highest BCUT2D eigenvalue weighted by atomic mass is 32.2. The van der Waals surface area contributed by atoms with Crippen molar-refractivity contribution in [3.05, 3.63) is 82.7 Å². The van der Waals surface area contributed by atoms with E-state index in [9.17, 15) is 18.0 Å². The molecule has 1 aliphatic rings. The molecule has 0 unspecified atom stereocenters. The summed E-state index contributed by atoms with van der Waals surface area (Å²) in [4.78, 5) is 25.7. The van der Waals surface area contributed by atoms with Gasteiger partial charge < -0.3 is 14.0 Å². The molecule has 2 heterocycles. The summed E-state index contributed by atoms with van der Waals surface area (Å²) in [5.74, 6) is -1.10. The van der Waals surface area contributed by atoms with Gasteiger partial charge in [-0.2, -0.15) is 4.31 Å². The molecule has 0 amide bonds. The molecule has 9 heteroatoms. The van der Waals surface area contributed by atoms with Gasteiger partial charge in [-0.05, 0) is 71.0 Å². The molecule has 0 radical (unpaired) electrons. The summed E-state index contributed by atoms with van der Waals surface area (Å²) in [6.45, 7) is 9.43. The number of morpholine rings is 1. The Hall–Kier alpha value is -3.27. The van der Waals surface area contributed by atoms with Gasteiger partial charge in [-0.3, -0.25) is 4.79 Å². The standard InChI is InChI=1S/C28H32N2O6S/c1-18-9-11-24(12-10-18)30-19(2)13-26(22(30)5)27(31)17-35-28(32)23-7-6-8-25(14-23)37(33,34)29-15-20(3)36-21(4)16-29/h6-14,20-21H,15-17H2,1-5H3/t20-,21-/m1/s1. The SMILES string of the molecule is Cc1ccc(-n2c(C)cc(C(=O)COC(=O)c3cccc(S(=O)(=O)N4C[C@@H](C)O[C@H](C)C4)c3)c2C)cc1. The Labute approximate surface area is 217 Å².